The van der Waals surface area contributed by atoms with Gasteiger partial charge in [0.1, 0.15) is 0 Å². The molecule has 0 saturated carbocycles. The summed E-state index contributed by atoms with van der Waals surface area (Å²) >= 11 is 0. The second-order valence-corrected chi connectivity index (χ2v) is 5.75. The van der Waals surface area contributed by atoms with Gasteiger partial charge in [-0.2, -0.15) is 13.2 Å². The Morgan fingerprint density at radius 3 is 2.30 bits per heavy atom. The van der Waals surface area contributed by atoms with Gasteiger partial charge in [0.25, 0.3) is 5.91 Å². The molecule has 0 aliphatic rings. The lowest BCUT2D eigenvalue weighted by Gasteiger charge is -2.12. The summed E-state index contributed by atoms with van der Waals surface area (Å²) in [6.45, 7) is 2.42. The van der Waals surface area contributed by atoms with E-state index in [9.17, 15) is 22.8 Å². The molecule has 2 N–H and O–H groups in total. The maximum Gasteiger partial charge on any atom is 0.417 e. The largest absolute Gasteiger partial charge is 0.417 e. The maximum absolute atomic E-state index is 13.3. The molecule has 142 valence electrons. The molecule has 0 saturated heterocycles. The highest BCUT2D eigenvalue weighted by Gasteiger charge is 2.35. The van der Waals surface area contributed by atoms with Crippen LogP contribution in [0.2, 0.25) is 0 Å². The highest BCUT2D eigenvalue weighted by molar-refractivity contribution is 6.05. The minimum Gasteiger partial charge on any atom is -0.352 e. The van der Waals surface area contributed by atoms with Crippen LogP contribution in [-0.2, 0) is 4.79 Å². The Hall–Kier alpha value is -3.09. The van der Waals surface area contributed by atoms with Crippen LogP contribution in [0.15, 0.2) is 60.7 Å². The van der Waals surface area contributed by atoms with E-state index in [1.807, 2.05) is 6.92 Å². The number of halogens is 3. The minimum absolute atomic E-state index is 0.104. The molecule has 0 heterocycles. The van der Waals surface area contributed by atoms with E-state index in [4.69, 9.17) is 0 Å². The molecule has 0 unspecified atom stereocenters. The van der Waals surface area contributed by atoms with Crippen LogP contribution in [0.3, 0.4) is 0 Å². The molecule has 2 aromatic rings. The zero-order valence-corrected chi connectivity index (χ0v) is 14.6. The SMILES string of the molecule is CCCNC(=O)c1cccc(NC(=O)/C=C(/c2ccccc2)C(F)(F)F)c1. The highest BCUT2D eigenvalue weighted by Crippen LogP contribution is 2.33. The van der Waals surface area contributed by atoms with Crippen LogP contribution in [0.1, 0.15) is 29.3 Å². The van der Waals surface area contributed by atoms with Crippen LogP contribution in [0.5, 0.6) is 0 Å². The molecule has 0 aliphatic carbocycles. The van der Waals surface area contributed by atoms with Gasteiger partial charge in [-0.15, -0.1) is 0 Å². The molecular formula is C20H19F3N2O2. The fourth-order valence-electron chi connectivity index (χ4n) is 2.33. The van der Waals surface area contributed by atoms with Gasteiger partial charge in [0.05, 0.1) is 5.57 Å². The van der Waals surface area contributed by atoms with E-state index in [2.05, 4.69) is 10.6 Å². The summed E-state index contributed by atoms with van der Waals surface area (Å²) in [5.41, 5.74) is -0.607. The first-order chi connectivity index (χ1) is 12.8. The van der Waals surface area contributed by atoms with Gasteiger partial charge in [-0.25, -0.2) is 0 Å². The van der Waals surface area contributed by atoms with Gasteiger partial charge >= 0.3 is 6.18 Å². The smallest absolute Gasteiger partial charge is 0.352 e. The Labute approximate surface area is 155 Å². The van der Waals surface area contributed by atoms with E-state index in [1.165, 1.54) is 36.4 Å². The van der Waals surface area contributed by atoms with Crippen molar-refractivity contribution in [2.75, 3.05) is 11.9 Å². The van der Waals surface area contributed by atoms with Crippen LogP contribution < -0.4 is 10.6 Å². The third-order valence-corrected chi connectivity index (χ3v) is 3.59. The third-order valence-electron chi connectivity index (χ3n) is 3.59. The fourth-order valence-corrected chi connectivity index (χ4v) is 2.33. The summed E-state index contributed by atoms with van der Waals surface area (Å²) in [5.74, 6) is -1.25. The standard InChI is InChI=1S/C20H19F3N2O2/c1-2-11-24-19(27)15-9-6-10-16(12-15)25-18(26)13-17(20(21,22)23)14-7-4-3-5-8-14/h3-10,12-13H,2,11H2,1H3,(H,24,27)(H,25,26)/b17-13-. The van der Waals surface area contributed by atoms with Crippen molar-refractivity contribution >= 4 is 23.1 Å². The van der Waals surface area contributed by atoms with E-state index in [-0.39, 0.29) is 17.2 Å². The Kier molecular flexibility index (Phi) is 6.76. The Balaban J connectivity index is 2.20. The van der Waals surface area contributed by atoms with Crippen molar-refractivity contribution in [2.45, 2.75) is 19.5 Å². The maximum atomic E-state index is 13.3. The van der Waals surface area contributed by atoms with Gasteiger partial charge in [0.2, 0.25) is 5.91 Å². The predicted octanol–water partition coefficient (Wildman–Crippen LogP) is 4.41. The molecule has 0 bridgehead atoms. The molecule has 0 fully saturated rings. The lowest BCUT2D eigenvalue weighted by molar-refractivity contribution is -0.112. The average molecular weight is 376 g/mol. The van der Waals surface area contributed by atoms with Gasteiger partial charge in [0.15, 0.2) is 0 Å². The van der Waals surface area contributed by atoms with Gasteiger partial charge < -0.3 is 10.6 Å². The summed E-state index contributed by atoms with van der Waals surface area (Å²) in [7, 11) is 0. The van der Waals surface area contributed by atoms with E-state index in [1.54, 1.807) is 18.2 Å². The number of hydrogen-bond acceptors (Lipinski definition) is 2. The Morgan fingerprint density at radius 2 is 1.67 bits per heavy atom. The van der Waals surface area contributed by atoms with Crippen LogP contribution in [0.4, 0.5) is 18.9 Å². The molecule has 0 radical (unpaired) electrons. The third kappa shape index (κ3) is 5.99. The van der Waals surface area contributed by atoms with Gasteiger partial charge in [-0.05, 0) is 30.2 Å². The van der Waals surface area contributed by atoms with Crippen molar-refractivity contribution in [3.63, 3.8) is 0 Å². The molecule has 0 spiro atoms. The van der Waals surface area contributed by atoms with Crippen molar-refractivity contribution in [3.8, 4) is 0 Å². The van der Waals surface area contributed by atoms with Crippen LogP contribution in [-0.4, -0.2) is 24.5 Å². The van der Waals surface area contributed by atoms with Gasteiger partial charge in [-0.1, -0.05) is 43.3 Å². The van der Waals surface area contributed by atoms with Crippen molar-refractivity contribution in [1.82, 2.24) is 5.32 Å². The second kappa shape index (κ2) is 9.02. The van der Waals surface area contributed by atoms with Crippen LogP contribution in [0, 0.1) is 0 Å². The summed E-state index contributed by atoms with van der Waals surface area (Å²) < 4.78 is 39.9. The molecule has 0 aliphatic heterocycles. The first kappa shape index (κ1) is 20.2. The molecule has 2 rings (SSSR count). The summed E-state index contributed by atoms with van der Waals surface area (Å²) in [6, 6.07) is 13.1. The number of hydrogen-bond donors (Lipinski definition) is 2. The van der Waals surface area contributed by atoms with E-state index in [0.717, 1.165) is 6.42 Å². The van der Waals surface area contributed by atoms with Crippen molar-refractivity contribution < 1.29 is 22.8 Å². The lowest BCUT2D eigenvalue weighted by Crippen LogP contribution is -2.24. The summed E-state index contributed by atoms with van der Waals surface area (Å²) in [5, 5.41) is 5.06. The Bertz CT molecular complexity index is 831. The number of nitrogens with one attached hydrogen (secondary N) is 2. The number of alkyl halides is 3. The van der Waals surface area contributed by atoms with Crippen molar-refractivity contribution in [2.24, 2.45) is 0 Å². The number of allylic oxidation sites excluding steroid dienone is 1. The molecular weight excluding hydrogens is 357 g/mol. The van der Waals surface area contributed by atoms with E-state index in [0.29, 0.717) is 18.2 Å². The molecule has 27 heavy (non-hydrogen) atoms. The number of anilines is 1. The minimum atomic E-state index is -4.68. The fraction of sp³-hybridized carbons (Fsp3) is 0.200. The molecule has 0 atom stereocenters. The summed E-state index contributed by atoms with van der Waals surface area (Å²) in [6.07, 6.45) is -3.40. The number of benzene rings is 2. The second-order valence-electron chi connectivity index (χ2n) is 5.75. The molecule has 0 aromatic heterocycles. The quantitative estimate of drug-likeness (QED) is 0.734. The lowest BCUT2D eigenvalue weighted by atomic mass is 10.1. The number of carbonyl (C=O) groups is 2. The van der Waals surface area contributed by atoms with E-state index < -0.39 is 17.7 Å². The molecule has 2 amide bonds. The molecule has 2 aromatic carbocycles. The van der Waals surface area contributed by atoms with Crippen LogP contribution >= 0.6 is 0 Å². The molecule has 7 heteroatoms. The van der Waals surface area contributed by atoms with Crippen molar-refractivity contribution in [3.05, 3.63) is 71.8 Å². The van der Waals surface area contributed by atoms with E-state index >= 15 is 0 Å². The zero-order valence-electron chi connectivity index (χ0n) is 14.6. The van der Waals surface area contributed by atoms with Gasteiger partial charge in [-0.3, -0.25) is 9.59 Å². The van der Waals surface area contributed by atoms with Crippen LogP contribution in [0.25, 0.3) is 5.57 Å². The topological polar surface area (TPSA) is 58.2 Å². The number of rotatable bonds is 6. The molecule has 4 nitrogen and oxygen atoms in total. The normalized spacial score (nSPS) is 11.8. The monoisotopic (exact) mass is 376 g/mol. The zero-order chi connectivity index (χ0) is 19.9. The first-order valence-corrected chi connectivity index (χ1v) is 8.35. The summed E-state index contributed by atoms with van der Waals surface area (Å²) in [4.78, 5) is 24.1. The van der Waals surface area contributed by atoms with Crippen molar-refractivity contribution in [1.29, 1.82) is 0 Å². The highest BCUT2D eigenvalue weighted by atomic mass is 19.4. The predicted molar refractivity (Wildman–Crippen MR) is 98.2 cm³/mol. The van der Waals surface area contributed by atoms with Gasteiger partial charge in [0, 0.05) is 23.9 Å². The number of amides is 2. The first-order valence-electron chi connectivity index (χ1n) is 8.35. The Morgan fingerprint density at radius 1 is 1.00 bits per heavy atom. The average Bonchev–Trinajstić information content (AvgIpc) is 2.64. The number of carbonyl (C=O) groups excluding carboxylic acids is 2.